The van der Waals surface area contributed by atoms with Gasteiger partial charge in [-0.05, 0) is 25.0 Å². The maximum atomic E-state index is 13.1. The number of aromatic nitrogens is 1. The molecule has 1 N–H and O–H groups in total. The fourth-order valence-corrected chi connectivity index (χ4v) is 4.27. The van der Waals surface area contributed by atoms with Gasteiger partial charge in [-0.15, -0.1) is 11.3 Å². The first-order valence-corrected chi connectivity index (χ1v) is 9.75. The molecule has 1 amide bonds. The standard InChI is InChI=1S/C19H23N3O2S/c1-12(2)18-21-16(11-25-18)17-20-15-8-4-3-7-14(15)19(23)22(17)10-13-6-5-9-24-13/h3-4,7-8,11-13,17,20H,5-6,9-10H2,1-2H3/t13-,17-/m1/s1. The zero-order valence-electron chi connectivity index (χ0n) is 14.6. The summed E-state index contributed by atoms with van der Waals surface area (Å²) in [5, 5.41) is 6.68. The predicted octanol–water partition coefficient (Wildman–Crippen LogP) is 4.01. The summed E-state index contributed by atoms with van der Waals surface area (Å²) in [6, 6.07) is 7.69. The largest absolute Gasteiger partial charge is 0.376 e. The van der Waals surface area contributed by atoms with Gasteiger partial charge < -0.3 is 15.0 Å². The molecule has 2 aromatic rings. The Morgan fingerprint density at radius 2 is 2.24 bits per heavy atom. The molecule has 1 saturated heterocycles. The number of thiazole rings is 1. The average molecular weight is 357 g/mol. The van der Waals surface area contributed by atoms with Crippen molar-refractivity contribution in [1.29, 1.82) is 0 Å². The van der Waals surface area contributed by atoms with Gasteiger partial charge in [0.05, 0.1) is 22.4 Å². The summed E-state index contributed by atoms with van der Waals surface area (Å²) in [7, 11) is 0. The second kappa shape index (κ2) is 6.77. The lowest BCUT2D eigenvalue weighted by Crippen LogP contribution is -2.46. The summed E-state index contributed by atoms with van der Waals surface area (Å²) in [4.78, 5) is 19.8. The molecule has 0 saturated carbocycles. The molecule has 1 aromatic carbocycles. The molecular formula is C19H23N3O2S. The van der Waals surface area contributed by atoms with Crippen LogP contribution >= 0.6 is 11.3 Å². The number of para-hydroxylation sites is 1. The molecule has 0 bridgehead atoms. The van der Waals surface area contributed by atoms with E-state index in [1.54, 1.807) is 11.3 Å². The predicted molar refractivity (Wildman–Crippen MR) is 99.0 cm³/mol. The number of anilines is 1. The maximum Gasteiger partial charge on any atom is 0.257 e. The van der Waals surface area contributed by atoms with Gasteiger partial charge in [0.25, 0.3) is 5.91 Å². The number of ether oxygens (including phenoxy) is 1. The van der Waals surface area contributed by atoms with E-state index >= 15 is 0 Å². The number of amides is 1. The number of nitrogens with zero attached hydrogens (tertiary/aromatic N) is 2. The number of fused-ring (bicyclic) bond motifs is 1. The lowest BCUT2D eigenvalue weighted by molar-refractivity contribution is 0.0423. The topological polar surface area (TPSA) is 54.5 Å². The first-order valence-electron chi connectivity index (χ1n) is 8.87. The van der Waals surface area contributed by atoms with Crippen molar-refractivity contribution in [1.82, 2.24) is 9.88 Å². The molecule has 25 heavy (non-hydrogen) atoms. The van der Waals surface area contributed by atoms with Crippen molar-refractivity contribution >= 4 is 22.9 Å². The molecule has 0 radical (unpaired) electrons. The lowest BCUT2D eigenvalue weighted by atomic mass is 10.1. The van der Waals surface area contributed by atoms with Crippen LogP contribution in [0.3, 0.4) is 0 Å². The van der Waals surface area contributed by atoms with Crippen LogP contribution in [0.4, 0.5) is 5.69 Å². The van der Waals surface area contributed by atoms with Crippen LogP contribution in [0.25, 0.3) is 0 Å². The molecule has 132 valence electrons. The highest BCUT2D eigenvalue weighted by Gasteiger charge is 2.36. The van der Waals surface area contributed by atoms with Gasteiger partial charge in [-0.1, -0.05) is 26.0 Å². The molecule has 5 nitrogen and oxygen atoms in total. The van der Waals surface area contributed by atoms with E-state index in [0.717, 1.165) is 41.4 Å². The van der Waals surface area contributed by atoms with Gasteiger partial charge in [-0.25, -0.2) is 4.98 Å². The Hall–Kier alpha value is -1.92. The van der Waals surface area contributed by atoms with Gasteiger partial charge in [0.15, 0.2) is 0 Å². The molecule has 2 aliphatic rings. The van der Waals surface area contributed by atoms with E-state index in [1.807, 2.05) is 29.2 Å². The maximum absolute atomic E-state index is 13.1. The Morgan fingerprint density at radius 1 is 1.40 bits per heavy atom. The van der Waals surface area contributed by atoms with Crippen molar-refractivity contribution in [3.8, 4) is 0 Å². The van der Waals surface area contributed by atoms with Crippen LogP contribution in [-0.4, -0.2) is 35.0 Å². The normalized spacial score (nSPS) is 23.0. The monoisotopic (exact) mass is 357 g/mol. The molecule has 2 atom stereocenters. The highest BCUT2D eigenvalue weighted by atomic mass is 32.1. The Labute approximate surface area is 152 Å². The van der Waals surface area contributed by atoms with Gasteiger partial charge in [-0.3, -0.25) is 4.79 Å². The van der Waals surface area contributed by atoms with E-state index in [1.165, 1.54) is 0 Å². The zero-order valence-corrected chi connectivity index (χ0v) is 15.4. The molecule has 0 unspecified atom stereocenters. The summed E-state index contributed by atoms with van der Waals surface area (Å²) < 4.78 is 5.78. The zero-order chi connectivity index (χ0) is 17.4. The number of rotatable bonds is 4. The molecule has 3 heterocycles. The Morgan fingerprint density at radius 3 is 2.96 bits per heavy atom. The summed E-state index contributed by atoms with van der Waals surface area (Å²) >= 11 is 1.66. The summed E-state index contributed by atoms with van der Waals surface area (Å²) in [6.45, 7) is 5.66. The minimum Gasteiger partial charge on any atom is -0.376 e. The number of carbonyl (C=O) groups excluding carboxylic acids is 1. The quantitative estimate of drug-likeness (QED) is 0.898. The second-order valence-electron chi connectivity index (χ2n) is 6.95. The van der Waals surface area contributed by atoms with Crippen molar-refractivity contribution in [2.75, 3.05) is 18.5 Å². The molecule has 0 spiro atoms. The highest BCUT2D eigenvalue weighted by Crippen LogP contribution is 2.35. The van der Waals surface area contributed by atoms with Gasteiger partial charge >= 0.3 is 0 Å². The van der Waals surface area contributed by atoms with E-state index in [4.69, 9.17) is 9.72 Å². The van der Waals surface area contributed by atoms with E-state index in [9.17, 15) is 4.79 Å². The van der Waals surface area contributed by atoms with Crippen molar-refractivity contribution in [2.45, 2.75) is 44.9 Å². The van der Waals surface area contributed by atoms with Gasteiger partial charge in [0.1, 0.15) is 6.17 Å². The first-order chi connectivity index (χ1) is 12.1. The van der Waals surface area contributed by atoms with Crippen molar-refractivity contribution < 1.29 is 9.53 Å². The first kappa shape index (κ1) is 16.5. The molecule has 6 heteroatoms. The SMILES string of the molecule is CC(C)c1nc([C@@H]2Nc3ccccc3C(=O)N2C[C@H]2CCCO2)cs1. The summed E-state index contributed by atoms with van der Waals surface area (Å²) in [5.74, 6) is 0.436. The van der Waals surface area contributed by atoms with Crippen LogP contribution in [-0.2, 0) is 4.74 Å². The minimum absolute atomic E-state index is 0.0500. The van der Waals surface area contributed by atoms with Gasteiger partial charge in [0.2, 0.25) is 0 Å². The van der Waals surface area contributed by atoms with Crippen molar-refractivity contribution in [3.63, 3.8) is 0 Å². The van der Waals surface area contributed by atoms with Crippen LogP contribution in [0.2, 0.25) is 0 Å². The Kier molecular flexibility index (Phi) is 4.48. The fourth-order valence-electron chi connectivity index (χ4n) is 3.41. The molecule has 0 aliphatic carbocycles. The molecule has 1 fully saturated rings. The molecule has 2 aliphatic heterocycles. The van der Waals surface area contributed by atoms with Crippen LogP contribution < -0.4 is 5.32 Å². The number of hydrogen-bond acceptors (Lipinski definition) is 5. The van der Waals surface area contributed by atoms with Crippen LogP contribution in [0.5, 0.6) is 0 Å². The van der Waals surface area contributed by atoms with E-state index in [0.29, 0.717) is 12.5 Å². The smallest absolute Gasteiger partial charge is 0.257 e. The van der Waals surface area contributed by atoms with Crippen LogP contribution in [0.15, 0.2) is 29.6 Å². The van der Waals surface area contributed by atoms with Crippen molar-refractivity contribution in [2.24, 2.45) is 0 Å². The molecule has 1 aromatic heterocycles. The van der Waals surface area contributed by atoms with Crippen molar-refractivity contribution in [3.05, 3.63) is 45.9 Å². The lowest BCUT2D eigenvalue weighted by Gasteiger charge is -2.38. The van der Waals surface area contributed by atoms with E-state index in [-0.39, 0.29) is 18.2 Å². The number of hydrogen-bond donors (Lipinski definition) is 1. The third-order valence-corrected chi connectivity index (χ3v) is 5.92. The summed E-state index contributed by atoms with van der Waals surface area (Å²) in [5.41, 5.74) is 2.51. The Balaban J connectivity index is 1.68. The Bertz CT molecular complexity index is 768. The van der Waals surface area contributed by atoms with E-state index < -0.39 is 0 Å². The third-order valence-electron chi connectivity index (χ3n) is 4.76. The van der Waals surface area contributed by atoms with E-state index in [2.05, 4.69) is 24.5 Å². The number of carbonyl (C=O) groups is 1. The van der Waals surface area contributed by atoms with Crippen LogP contribution in [0, 0.1) is 0 Å². The fraction of sp³-hybridized carbons (Fsp3) is 0.474. The third kappa shape index (κ3) is 3.16. The summed E-state index contributed by atoms with van der Waals surface area (Å²) in [6.07, 6.45) is 1.94. The van der Waals surface area contributed by atoms with Crippen LogP contribution in [0.1, 0.15) is 59.8 Å². The highest BCUT2D eigenvalue weighted by molar-refractivity contribution is 7.09. The van der Waals surface area contributed by atoms with Gasteiger partial charge in [0, 0.05) is 30.1 Å². The second-order valence-corrected chi connectivity index (χ2v) is 7.84. The van der Waals surface area contributed by atoms with Gasteiger partial charge in [-0.2, -0.15) is 0 Å². The molecule has 4 rings (SSSR count). The minimum atomic E-state index is -0.240. The number of benzene rings is 1. The molecular weight excluding hydrogens is 334 g/mol. The average Bonchev–Trinajstić information content (AvgIpc) is 3.29. The number of nitrogens with one attached hydrogen (secondary N) is 1.